The van der Waals surface area contributed by atoms with Crippen molar-refractivity contribution in [2.24, 2.45) is 16.3 Å². The number of halogens is 1. The Hall–Kier alpha value is -0.820. The monoisotopic (exact) mass is 469 g/mol. The van der Waals surface area contributed by atoms with E-state index in [2.05, 4.69) is 53.7 Å². The molecule has 1 aromatic carbocycles. The van der Waals surface area contributed by atoms with Crippen LogP contribution in [-0.4, -0.2) is 38.3 Å². The van der Waals surface area contributed by atoms with Gasteiger partial charge < -0.3 is 15.4 Å². The van der Waals surface area contributed by atoms with E-state index >= 15 is 0 Å². The van der Waals surface area contributed by atoms with Crippen molar-refractivity contribution in [3.63, 3.8) is 0 Å². The summed E-state index contributed by atoms with van der Waals surface area (Å²) in [5, 5.41) is 7.29. The van der Waals surface area contributed by atoms with E-state index in [1.807, 2.05) is 7.05 Å². The van der Waals surface area contributed by atoms with E-state index in [0.717, 1.165) is 19.1 Å². The lowest BCUT2D eigenvalue weighted by Crippen LogP contribution is -2.72. The average molecular weight is 469 g/mol. The maximum absolute atomic E-state index is 6.02. The minimum absolute atomic E-state index is 0. The highest BCUT2D eigenvalue weighted by molar-refractivity contribution is 14.0. The van der Waals surface area contributed by atoms with Gasteiger partial charge in [-0.25, -0.2) is 0 Å². The summed E-state index contributed by atoms with van der Waals surface area (Å²) in [6.07, 6.45) is 5.66. The van der Waals surface area contributed by atoms with Crippen LogP contribution in [0.15, 0.2) is 29.3 Å². The molecule has 3 fully saturated rings. The molecule has 144 valence electrons. The van der Waals surface area contributed by atoms with Crippen molar-refractivity contribution in [3.05, 3.63) is 35.4 Å². The van der Waals surface area contributed by atoms with Gasteiger partial charge in [-0.05, 0) is 37.7 Å². The third-order valence-electron chi connectivity index (χ3n) is 6.77. The first kappa shape index (κ1) is 19.9. The number of benzene rings is 1. The van der Waals surface area contributed by atoms with Crippen LogP contribution in [0.4, 0.5) is 0 Å². The summed E-state index contributed by atoms with van der Waals surface area (Å²) in [5.41, 5.74) is 3.07. The first-order chi connectivity index (χ1) is 12.1. The van der Waals surface area contributed by atoms with Crippen molar-refractivity contribution < 1.29 is 4.74 Å². The van der Waals surface area contributed by atoms with Gasteiger partial charge in [0.15, 0.2) is 5.96 Å². The normalized spacial score (nSPS) is 29.8. The molecule has 2 N–H and O–H groups in total. The van der Waals surface area contributed by atoms with Gasteiger partial charge in [0, 0.05) is 37.6 Å². The van der Waals surface area contributed by atoms with Crippen LogP contribution in [0.2, 0.25) is 0 Å². The third kappa shape index (κ3) is 3.37. The van der Waals surface area contributed by atoms with E-state index in [9.17, 15) is 0 Å². The standard InChI is InChI=1S/C21H31N3O.HI/c1-14-5-7-16(8-6-14)15(2)13-23-20(22-3)24-18-17-9-12-25-19(17)21(18)10-4-11-21;/h5-8,15,17-19H,4,9-13H2,1-3H3,(H2,22,23,24);1H. The first-order valence-corrected chi connectivity index (χ1v) is 9.79. The summed E-state index contributed by atoms with van der Waals surface area (Å²) in [4.78, 5) is 4.48. The zero-order valence-corrected chi connectivity index (χ0v) is 18.5. The lowest BCUT2D eigenvalue weighted by atomic mass is 9.46. The van der Waals surface area contributed by atoms with Crippen LogP contribution in [0.3, 0.4) is 0 Å². The van der Waals surface area contributed by atoms with Crippen LogP contribution in [0, 0.1) is 18.3 Å². The average Bonchev–Trinajstić information content (AvgIpc) is 2.99. The molecule has 4 rings (SSSR count). The first-order valence-electron chi connectivity index (χ1n) is 9.79. The Morgan fingerprint density at radius 2 is 2.04 bits per heavy atom. The molecular weight excluding hydrogens is 437 g/mol. The van der Waals surface area contributed by atoms with E-state index < -0.39 is 0 Å². The van der Waals surface area contributed by atoms with Crippen molar-refractivity contribution in [2.45, 2.75) is 57.6 Å². The molecule has 1 spiro atoms. The Balaban J connectivity index is 0.00000196. The van der Waals surface area contributed by atoms with E-state index in [0.29, 0.717) is 29.4 Å². The van der Waals surface area contributed by atoms with Crippen molar-refractivity contribution in [1.82, 2.24) is 10.6 Å². The third-order valence-corrected chi connectivity index (χ3v) is 6.77. The van der Waals surface area contributed by atoms with E-state index in [1.165, 1.54) is 36.8 Å². The molecule has 2 aliphatic carbocycles. The number of hydrogen-bond acceptors (Lipinski definition) is 2. The molecule has 0 bridgehead atoms. The van der Waals surface area contributed by atoms with Gasteiger partial charge >= 0.3 is 0 Å². The van der Waals surface area contributed by atoms with Gasteiger partial charge in [-0.3, -0.25) is 4.99 Å². The molecule has 4 atom stereocenters. The molecule has 1 saturated heterocycles. The molecule has 0 amide bonds. The molecule has 4 unspecified atom stereocenters. The summed E-state index contributed by atoms with van der Waals surface area (Å²) in [6, 6.07) is 9.37. The molecule has 0 aromatic heterocycles. The van der Waals surface area contributed by atoms with Crippen LogP contribution in [0.1, 0.15) is 49.7 Å². The Morgan fingerprint density at radius 1 is 1.31 bits per heavy atom. The minimum atomic E-state index is 0. The van der Waals surface area contributed by atoms with Crippen molar-refractivity contribution in [2.75, 3.05) is 20.2 Å². The molecule has 1 aliphatic heterocycles. The maximum Gasteiger partial charge on any atom is 0.191 e. The molecule has 3 aliphatic rings. The fourth-order valence-corrected chi connectivity index (χ4v) is 5.06. The number of nitrogens with zero attached hydrogens (tertiary/aromatic N) is 1. The van der Waals surface area contributed by atoms with Crippen molar-refractivity contribution >= 4 is 29.9 Å². The fraction of sp³-hybridized carbons (Fsp3) is 0.667. The van der Waals surface area contributed by atoms with Gasteiger partial charge in [0.05, 0.1) is 6.10 Å². The van der Waals surface area contributed by atoms with Gasteiger partial charge in [-0.1, -0.05) is 43.2 Å². The predicted molar refractivity (Wildman–Crippen MR) is 117 cm³/mol. The second-order valence-electron chi connectivity index (χ2n) is 8.22. The van der Waals surface area contributed by atoms with Crippen LogP contribution < -0.4 is 10.6 Å². The minimum Gasteiger partial charge on any atom is -0.377 e. The van der Waals surface area contributed by atoms with Crippen LogP contribution in [0.25, 0.3) is 0 Å². The van der Waals surface area contributed by atoms with Gasteiger partial charge in [-0.2, -0.15) is 0 Å². The molecule has 2 saturated carbocycles. The molecule has 5 heteroatoms. The van der Waals surface area contributed by atoms with E-state index in [-0.39, 0.29) is 24.0 Å². The number of rotatable bonds is 4. The number of fused-ring (bicyclic) bond motifs is 2. The quantitative estimate of drug-likeness (QED) is 0.400. The Morgan fingerprint density at radius 3 is 2.65 bits per heavy atom. The lowest BCUT2D eigenvalue weighted by Gasteiger charge is -2.63. The zero-order chi connectivity index (χ0) is 17.4. The van der Waals surface area contributed by atoms with Gasteiger partial charge in [0.25, 0.3) is 0 Å². The summed E-state index contributed by atoms with van der Waals surface area (Å²) in [5.74, 6) is 2.08. The number of aryl methyl sites for hydroxylation is 1. The second kappa shape index (κ2) is 8.05. The van der Waals surface area contributed by atoms with Crippen molar-refractivity contribution in [1.29, 1.82) is 0 Å². The van der Waals surface area contributed by atoms with Crippen molar-refractivity contribution in [3.8, 4) is 0 Å². The number of aliphatic imine (C=N–C) groups is 1. The molecule has 4 nitrogen and oxygen atoms in total. The predicted octanol–water partition coefficient (Wildman–Crippen LogP) is 3.84. The number of nitrogens with one attached hydrogen (secondary N) is 2. The fourth-order valence-electron chi connectivity index (χ4n) is 5.06. The van der Waals surface area contributed by atoms with Crippen LogP contribution in [-0.2, 0) is 4.74 Å². The number of guanidine groups is 1. The molecular formula is C21H32IN3O. The zero-order valence-electron chi connectivity index (χ0n) is 16.1. The largest absolute Gasteiger partial charge is 0.377 e. The highest BCUT2D eigenvalue weighted by Crippen LogP contribution is 2.62. The lowest BCUT2D eigenvalue weighted by molar-refractivity contribution is -0.171. The summed E-state index contributed by atoms with van der Waals surface area (Å²) < 4.78 is 6.02. The van der Waals surface area contributed by atoms with Gasteiger partial charge in [0.1, 0.15) is 0 Å². The Kier molecular flexibility index (Phi) is 6.17. The highest BCUT2D eigenvalue weighted by atomic mass is 127. The molecule has 0 radical (unpaired) electrons. The van der Waals surface area contributed by atoms with E-state index in [1.54, 1.807) is 0 Å². The van der Waals surface area contributed by atoms with Crippen LogP contribution in [0.5, 0.6) is 0 Å². The smallest absolute Gasteiger partial charge is 0.191 e. The highest BCUT2D eigenvalue weighted by Gasteiger charge is 2.66. The van der Waals surface area contributed by atoms with Gasteiger partial charge in [0.2, 0.25) is 0 Å². The van der Waals surface area contributed by atoms with E-state index in [4.69, 9.17) is 4.74 Å². The summed E-state index contributed by atoms with van der Waals surface area (Å²) in [7, 11) is 1.88. The molecule has 26 heavy (non-hydrogen) atoms. The molecule has 1 heterocycles. The maximum atomic E-state index is 6.02. The summed E-state index contributed by atoms with van der Waals surface area (Å²) >= 11 is 0. The van der Waals surface area contributed by atoms with Gasteiger partial charge in [-0.15, -0.1) is 24.0 Å². The Labute approximate surface area is 174 Å². The number of hydrogen-bond donors (Lipinski definition) is 2. The second-order valence-corrected chi connectivity index (χ2v) is 8.22. The Bertz CT molecular complexity index is 641. The topological polar surface area (TPSA) is 45.7 Å². The SMILES string of the molecule is CN=C(NCC(C)c1ccc(C)cc1)NC1C2CCOC2C12CCC2.I. The molecule has 1 aromatic rings. The van der Waals surface area contributed by atoms with Crippen LogP contribution >= 0.6 is 24.0 Å². The summed E-state index contributed by atoms with van der Waals surface area (Å²) in [6.45, 7) is 6.23. The number of ether oxygens (including phenoxy) is 1.